The predicted molar refractivity (Wildman–Crippen MR) is 91.7 cm³/mol. The van der Waals surface area contributed by atoms with E-state index < -0.39 is 10.9 Å². The Labute approximate surface area is 147 Å². The Morgan fingerprint density at radius 3 is 2.60 bits per heavy atom. The maximum Gasteiger partial charge on any atom is 0.363 e. The van der Waals surface area contributed by atoms with Gasteiger partial charge in [-0.05, 0) is 35.9 Å². The van der Waals surface area contributed by atoms with Gasteiger partial charge in [0.15, 0.2) is 11.4 Å². The van der Waals surface area contributed by atoms with E-state index in [1.807, 2.05) is 0 Å². The summed E-state index contributed by atoms with van der Waals surface area (Å²) in [5, 5.41) is 11.7. The largest absolute Gasteiger partial charge is 0.490 e. The molecule has 0 aromatic heterocycles. The first kappa shape index (κ1) is 16.7. The highest BCUT2D eigenvalue weighted by molar-refractivity contribution is 6.30. The Morgan fingerprint density at radius 2 is 1.96 bits per heavy atom. The standard InChI is InChI=1S/C17H11ClN2O5/c1-24-15-7-4-11(9-14(15)20(22)23)16-19-13(17(21)25-16)8-10-2-5-12(18)6-3-10/h2-9H,1H3. The summed E-state index contributed by atoms with van der Waals surface area (Å²) >= 11 is 5.82. The average molecular weight is 359 g/mol. The van der Waals surface area contributed by atoms with E-state index in [9.17, 15) is 14.9 Å². The van der Waals surface area contributed by atoms with Gasteiger partial charge in [0.05, 0.1) is 12.0 Å². The molecule has 0 fully saturated rings. The second-order valence-electron chi connectivity index (χ2n) is 5.03. The molecular formula is C17H11ClN2O5. The Kier molecular flexibility index (Phi) is 4.49. The number of cyclic esters (lactones) is 1. The fourth-order valence-electron chi connectivity index (χ4n) is 2.22. The Bertz CT molecular complexity index is 919. The number of nitrogens with zero attached hydrogens (tertiary/aromatic N) is 2. The topological polar surface area (TPSA) is 91.0 Å². The number of carbonyl (C=O) groups is 1. The number of benzene rings is 2. The van der Waals surface area contributed by atoms with Gasteiger partial charge in [0, 0.05) is 16.7 Å². The minimum Gasteiger partial charge on any atom is -0.490 e. The second kappa shape index (κ2) is 6.74. The molecule has 0 saturated heterocycles. The van der Waals surface area contributed by atoms with Crippen molar-refractivity contribution in [1.29, 1.82) is 0 Å². The second-order valence-corrected chi connectivity index (χ2v) is 5.47. The van der Waals surface area contributed by atoms with Crippen LogP contribution in [0, 0.1) is 10.1 Å². The minimum atomic E-state index is -0.636. The molecular weight excluding hydrogens is 348 g/mol. The zero-order chi connectivity index (χ0) is 18.0. The van der Waals surface area contributed by atoms with Crippen molar-refractivity contribution in [3.05, 3.63) is 74.4 Å². The zero-order valence-corrected chi connectivity index (χ0v) is 13.7. The van der Waals surface area contributed by atoms with Crippen LogP contribution in [0.25, 0.3) is 6.08 Å². The predicted octanol–water partition coefficient (Wildman–Crippen LogP) is 3.60. The Morgan fingerprint density at radius 1 is 1.24 bits per heavy atom. The van der Waals surface area contributed by atoms with Gasteiger partial charge in [0.1, 0.15) is 0 Å². The molecule has 3 rings (SSSR count). The fraction of sp³-hybridized carbons (Fsp3) is 0.0588. The van der Waals surface area contributed by atoms with E-state index in [0.717, 1.165) is 5.56 Å². The van der Waals surface area contributed by atoms with Crippen LogP contribution in [0.1, 0.15) is 11.1 Å². The number of halogens is 1. The molecule has 0 bridgehead atoms. The number of aliphatic imine (C=N–C) groups is 1. The number of nitro groups is 1. The summed E-state index contributed by atoms with van der Waals surface area (Å²) in [5.74, 6) is -0.532. The van der Waals surface area contributed by atoms with Crippen molar-refractivity contribution in [2.75, 3.05) is 7.11 Å². The summed E-state index contributed by atoms with van der Waals surface area (Å²) < 4.78 is 10.1. The minimum absolute atomic E-state index is 0.00373. The molecule has 0 saturated carbocycles. The van der Waals surface area contributed by atoms with Gasteiger partial charge in [-0.25, -0.2) is 9.79 Å². The number of nitro benzene ring substituents is 1. The molecule has 0 aliphatic carbocycles. The molecule has 0 amide bonds. The molecule has 1 aliphatic heterocycles. The monoisotopic (exact) mass is 358 g/mol. The maximum absolute atomic E-state index is 12.0. The summed E-state index contributed by atoms with van der Waals surface area (Å²) in [6, 6.07) is 11.0. The number of rotatable bonds is 4. The molecule has 0 unspecified atom stereocenters. The highest BCUT2D eigenvalue weighted by Crippen LogP contribution is 2.29. The quantitative estimate of drug-likeness (QED) is 0.360. The first-order valence-corrected chi connectivity index (χ1v) is 7.46. The lowest BCUT2D eigenvalue weighted by molar-refractivity contribution is -0.385. The van der Waals surface area contributed by atoms with Crippen molar-refractivity contribution >= 4 is 35.2 Å². The molecule has 126 valence electrons. The highest BCUT2D eigenvalue weighted by Gasteiger charge is 2.26. The van der Waals surface area contributed by atoms with E-state index in [0.29, 0.717) is 10.6 Å². The number of carbonyl (C=O) groups excluding carboxylic acids is 1. The number of ether oxygens (including phenoxy) is 2. The molecule has 7 nitrogen and oxygen atoms in total. The van der Waals surface area contributed by atoms with E-state index >= 15 is 0 Å². The van der Waals surface area contributed by atoms with Crippen LogP contribution >= 0.6 is 11.6 Å². The maximum atomic E-state index is 12.0. The lowest BCUT2D eigenvalue weighted by atomic mass is 10.2. The molecule has 8 heteroatoms. The smallest absolute Gasteiger partial charge is 0.363 e. The molecule has 2 aromatic carbocycles. The van der Waals surface area contributed by atoms with Crippen molar-refractivity contribution in [3.63, 3.8) is 0 Å². The highest BCUT2D eigenvalue weighted by atomic mass is 35.5. The molecule has 0 spiro atoms. The van der Waals surface area contributed by atoms with Gasteiger partial charge in [0.2, 0.25) is 5.90 Å². The van der Waals surface area contributed by atoms with Crippen LogP contribution in [0.3, 0.4) is 0 Å². The van der Waals surface area contributed by atoms with Crippen LogP contribution in [-0.2, 0) is 9.53 Å². The van der Waals surface area contributed by atoms with Crippen molar-refractivity contribution < 1.29 is 19.2 Å². The zero-order valence-electron chi connectivity index (χ0n) is 12.9. The van der Waals surface area contributed by atoms with Crippen LogP contribution in [0.2, 0.25) is 5.02 Å². The van der Waals surface area contributed by atoms with Gasteiger partial charge in [-0.1, -0.05) is 23.7 Å². The van der Waals surface area contributed by atoms with Gasteiger partial charge in [0.25, 0.3) is 0 Å². The summed E-state index contributed by atoms with van der Waals surface area (Å²) in [4.78, 5) is 26.6. The van der Waals surface area contributed by atoms with E-state index in [1.165, 1.54) is 25.3 Å². The summed E-state index contributed by atoms with van der Waals surface area (Å²) in [7, 11) is 1.34. The Balaban J connectivity index is 1.96. The van der Waals surface area contributed by atoms with Crippen LogP contribution in [0.4, 0.5) is 5.69 Å². The van der Waals surface area contributed by atoms with E-state index in [4.69, 9.17) is 21.1 Å². The van der Waals surface area contributed by atoms with Crippen molar-refractivity contribution in [2.24, 2.45) is 4.99 Å². The normalized spacial score (nSPS) is 15.0. The summed E-state index contributed by atoms with van der Waals surface area (Å²) in [5.41, 5.74) is 0.882. The van der Waals surface area contributed by atoms with Crippen molar-refractivity contribution in [3.8, 4) is 5.75 Å². The first-order valence-electron chi connectivity index (χ1n) is 7.09. The summed E-state index contributed by atoms with van der Waals surface area (Å²) in [6.45, 7) is 0. The lowest BCUT2D eigenvalue weighted by Gasteiger charge is -2.03. The molecule has 0 radical (unpaired) electrons. The van der Waals surface area contributed by atoms with Crippen molar-refractivity contribution in [2.45, 2.75) is 0 Å². The van der Waals surface area contributed by atoms with Gasteiger partial charge in [-0.15, -0.1) is 0 Å². The lowest BCUT2D eigenvalue weighted by Crippen LogP contribution is -2.06. The number of hydrogen-bond acceptors (Lipinski definition) is 6. The third-order valence-corrected chi connectivity index (χ3v) is 3.67. The van der Waals surface area contributed by atoms with Crippen LogP contribution in [0.15, 0.2) is 53.2 Å². The fourth-order valence-corrected chi connectivity index (χ4v) is 2.34. The third-order valence-electron chi connectivity index (χ3n) is 3.42. The molecule has 1 aliphatic rings. The first-order chi connectivity index (χ1) is 12.0. The third kappa shape index (κ3) is 3.51. The molecule has 25 heavy (non-hydrogen) atoms. The molecule has 0 N–H and O–H groups in total. The molecule has 2 aromatic rings. The van der Waals surface area contributed by atoms with Crippen LogP contribution in [-0.4, -0.2) is 23.9 Å². The van der Waals surface area contributed by atoms with Crippen molar-refractivity contribution in [1.82, 2.24) is 0 Å². The molecule has 0 atom stereocenters. The van der Waals surface area contributed by atoms with E-state index in [-0.39, 0.29) is 23.0 Å². The van der Waals surface area contributed by atoms with Gasteiger partial charge < -0.3 is 9.47 Å². The number of hydrogen-bond donors (Lipinski definition) is 0. The van der Waals surface area contributed by atoms with Gasteiger partial charge >= 0.3 is 11.7 Å². The average Bonchev–Trinajstić information content (AvgIpc) is 2.97. The number of esters is 1. The van der Waals surface area contributed by atoms with Crippen LogP contribution < -0.4 is 4.74 Å². The van der Waals surface area contributed by atoms with E-state index in [2.05, 4.69) is 4.99 Å². The molecule has 1 heterocycles. The van der Waals surface area contributed by atoms with Gasteiger partial charge in [-0.3, -0.25) is 10.1 Å². The van der Waals surface area contributed by atoms with E-state index in [1.54, 1.807) is 30.3 Å². The number of methoxy groups -OCH3 is 1. The van der Waals surface area contributed by atoms with Gasteiger partial charge in [-0.2, -0.15) is 0 Å². The van der Waals surface area contributed by atoms with Crippen LogP contribution in [0.5, 0.6) is 5.75 Å². The SMILES string of the molecule is COc1ccc(C2=NC(=Cc3ccc(Cl)cc3)C(=O)O2)cc1[N+](=O)[O-]. The summed E-state index contributed by atoms with van der Waals surface area (Å²) in [6.07, 6.45) is 1.55. The Hall–Kier alpha value is -3.19.